The Labute approximate surface area is 66.6 Å². The second-order valence-corrected chi connectivity index (χ2v) is 2.06. The summed E-state index contributed by atoms with van der Waals surface area (Å²) in [5.74, 6) is 0.826. The van der Waals surface area contributed by atoms with Gasteiger partial charge in [-0.25, -0.2) is 0 Å². The van der Waals surface area contributed by atoms with Gasteiger partial charge in [-0.3, -0.25) is 4.99 Å². The van der Waals surface area contributed by atoms with E-state index in [1.165, 1.54) is 0 Å². The molecule has 0 unspecified atom stereocenters. The molecule has 0 radical (unpaired) electrons. The van der Waals surface area contributed by atoms with E-state index < -0.39 is 0 Å². The van der Waals surface area contributed by atoms with Crippen LogP contribution in [0.2, 0.25) is 0 Å². The molecule has 0 spiro atoms. The van der Waals surface area contributed by atoms with Crippen molar-refractivity contribution in [3.05, 3.63) is 36.3 Å². The first-order valence-electron chi connectivity index (χ1n) is 3.53. The zero-order chi connectivity index (χ0) is 8.10. The maximum atomic E-state index is 5.29. The van der Waals surface area contributed by atoms with Crippen molar-refractivity contribution in [1.29, 1.82) is 0 Å². The molecular formula is C9H11NO. The normalized spacial score (nSPS) is 23.7. The molecule has 0 aromatic rings. The molecule has 1 heterocycles. The van der Waals surface area contributed by atoms with Gasteiger partial charge < -0.3 is 4.74 Å². The summed E-state index contributed by atoms with van der Waals surface area (Å²) in [6, 6.07) is 0. The van der Waals surface area contributed by atoms with Gasteiger partial charge in [-0.15, -0.1) is 0 Å². The number of allylic oxidation sites excluding steroid dienone is 3. The van der Waals surface area contributed by atoms with Gasteiger partial charge in [0.1, 0.15) is 18.1 Å². The third-order valence-electron chi connectivity index (χ3n) is 1.33. The lowest BCUT2D eigenvalue weighted by molar-refractivity contribution is 0.263. The zero-order valence-corrected chi connectivity index (χ0v) is 6.58. The highest BCUT2D eigenvalue weighted by Gasteiger charge is 2.05. The van der Waals surface area contributed by atoms with Crippen molar-refractivity contribution >= 4 is 6.21 Å². The van der Waals surface area contributed by atoms with Crippen LogP contribution in [0, 0.1) is 0 Å². The van der Waals surface area contributed by atoms with Crippen molar-refractivity contribution in [3.8, 4) is 0 Å². The number of hydrogen-bond acceptors (Lipinski definition) is 2. The van der Waals surface area contributed by atoms with Crippen LogP contribution in [0.1, 0.15) is 6.92 Å². The van der Waals surface area contributed by atoms with Gasteiger partial charge >= 0.3 is 0 Å². The third-order valence-corrected chi connectivity index (χ3v) is 1.33. The molecule has 2 nitrogen and oxygen atoms in total. The molecule has 0 atom stereocenters. The molecule has 11 heavy (non-hydrogen) atoms. The minimum Gasteiger partial charge on any atom is -0.486 e. The minimum atomic E-state index is 0.564. The second kappa shape index (κ2) is 3.76. The Morgan fingerprint density at radius 1 is 1.73 bits per heavy atom. The predicted octanol–water partition coefficient (Wildman–Crippen LogP) is 2.06. The zero-order valence-electron chi connectivity index (χ0n) is 6.58. The average molecular weight is 149 g/mol. The molecule has 1 aliphatic heterocycles. The van der Waals surface area contributed by atoms with Crippen molar-refractivity contribution in [3.63, 3.8) is 0 Å². The Balaban J connectivity index is 2.90. The largest absolute Gasteiger partial charge is 0.486 e. The van der Waals surface area contributed by atoms with Crippen molar-refractivity contribution in [1.82, 2.24) is 0 Å². The lowest BCUT2D eigenvalue weighted by atomic mass is 10.3. The number of ether oxygens (including phenoxy) is 1. The van der Waals surface area contributed by atoms with Crippen LogP contribution in [-0.4, -0.2) is 12.8 Å². The van der Waals surface area contributed by atoms with E-state index in [1.807, 2.05) is 19.1 Å². The topological polar surface area (TPSA) is 21.6 Å². The number of aliphatic imine (C=N–C) groups is 1. The summed E-state index contributed by atoms with van der Waals surface area (Å²) in [6.45, 7) is 6.08. The number of hydrogen-bond donors (Lipinski definition) is 0. The Bertz CT molecular complexity index is 236. The monoisotopic (exact) mass is 149 g/mol. The molecule has 1 aliphatic rings. The SMILES string of the molecule is C=C/C=C1/N=CCO/C1=C/C. The summed E-state index contributed by atoms with van der Waals surface area (Å²) in [4.78, 5) is 4.14. The number of rotatable bonds is 1. The van der Waals surface area contributed by atoms with Crippen molar-refractivity contribution < 1.29 is 4.74 Å². The van der Waals surface area contributed by atoms with Crippen LogP contribution in [0.5, 0.6) is 0 Å². The summed E-state index contributed by atoms with van der Waals surface area (Å²) in [6.07, 6.45) is 7.16. The molecule has 1 rings (SSSR count). The highest BCUT2D eigenvalue weighted by molar-refractivity contribution is 5.63. The summed E-state index contributed by atoms with van der Waals surface area (Å²) >= 11 is 0. The summed E-state index contributed by atoms with van der Waals surface area (Å²) < 4.78 is 5.29. The van der Waals surface area contributed by atoms with Crippen molar-refractivity contribution in [2.24, 2.45) is 4.99 Å². The maximum absolute atomic E-state index is 5.29. The van der Waals surface area contributed by atoms with Crippen molar-refractivity contribution in [2.75, 3.05) is 6.61 Å². The molecule has 0 aromatic heterocycles. The van der Waals surface area contributed by atoms with Gasteiger partial charge in [0.05, 0.1) is 0 Å². The fourth-order valence-electron chi connectivity index (χ4n) is 0.868. The minimum absolute atomic E-state index is 0.564. The molecule has 0 amide bonds. The van der Waals surface area contributed by atoms with Crippen LogP contribution in [0.4, 0.5) is 0 Å². The van der Waals surface area contributed by atoms with Crippen LogP contribution >= 0.6 is 0 Å². The van der Waals surface area contributed by atoms with E-state index in [0.29, 0.717) is 6.61 Å². The molecule has 58 valence electrons. The fraction of sp³-hybridized carbons (Fsp3) is 0.222. The standard InChI is InChI=1S/C9H11NO/c1-3-5-8-9(4-2)11-7-6-10-8/h3-6H,1,7H2,2H3/b8-5+,9-4+. The molecule has 0 bridgehead atoms. The third kappa shape index (κ3) is 1.80. The summed E-state index contributed by atoms with van der Waals surface area (Å²) in [7, 11) is 0. The Morgan fingerprint density at radius 2 is 2.55 bits per heavy atom. The highest BCUT2D eigenvalue weighted by Crippen LogP contribution is 2.15. The van der Waals surface area contributed by atoms with Gasteiger partial charge in [0.2, 0.25) is 0 Å². The van der Waals surface area contributed by atoms with Crippen molar-refractivity contribution in [2.45, 2.75) is 6.92 Å². The summed E-state index contributed by atoms with van der Waals surface area (Å²) in [5.41, 5.74) is 0.841. The van der Waals surface area contributed by atoms with Crippen LogP contribution in [0.3, 0.4) is 0 Å². The fourth-order valence-corrected chi connectivity index (χ4v) is 0.868. The molecule has 0 fully saturated rings. The molecule has 0 aromatic carbocycles. The van der Waals surface area contributed by atoms with E-state index in [2.05, 4.69) is 11.6 Å². The molecule has 0 aliphatic carbocycles. The van der Waals surface area contributed by atoms with E-state index in [9.17, 15) is 0 Å². The quantitative estimate of drug-likeness (QED) is 0.559. The van der Waals surface area contributed by atoms with E-state index in [1.54, 1.807) is 12.3 Å². The molecular weight excluding hydrogens is 138 g/mol. The Kier molecular flexibility index (Phi) is 2.66. The Hall–Kier alpha value is -1.31. The van der Waals surface area contributed by atoms with Crippen LogP contribution in [0.25, 0.3) is 0 Å². The van der Waals surface area contributed by atoms with Crippen LogP contribution in [0.15, 0.2) is 41.3 Å². The van der Waals surface area contributed by atoms with E-state index in [4.69, 9.17) is 4.74 Å². The Morgan fingerprint density at radius 3 is 3.18 bits per heavy atom. The smallest absolute Gasteiger partial charge is 0.141 e. The van der Waals surface area contributed by atoms with Crippen LogP contribution in [-0.2, 0) is 4.74 Å². The van der Waals surface area contributed by atoms with Gasteiger partial charge in [0.15, 0.2) is 0 Å². The highest BCUT2D eigenvalue weighted by atomic mass is 16.5. The van der Waals surface area contributed by atoms with E-state index in [0.717, 1.165) is 11.5 Å². The maximum Gasteiger partial charge on any atom is 0.141 e. The van der Waals surface area contributed by atoms with Gasteiger partial charge in [-0.1, -0.05) is 12.7 Å². The van der Waals surface area contributed by atoms with Gasteiger partial charge in [0.25, 0.3) is 0 Å². The van der Waals surface area contributed by atoms with E-state index >= 15 is 0 Å². The molecule has 0 saturated heterocycles. The lowest BCUT2D eigenvalue weighted by Crippen LogP contribution is -2.04. The second-order valence-electron chi connectivity index (χ2n) is 2.06. The lowest BCUT2D eigenvalue weighted by Gasteiger charge is -2.12. The van der Waals surface area contributed by atoms with Gasteiger partial charge in [-0.2, -0.15) is 0 Å². The van der Waals surface area contributed by atoms with Gasteiger partial charge in [0, 0.05) is 6.21 Å². The van der Waals surface area contributed by atoms with Gasteiger partial charge in [-0.05, 0) is 19.1 Å². The van der Waals surface area contributed by atoms with E-state index in [-0.39, 0.29) is 0 Å². The first-order chi connectivity index (χ1) is 5.38. The first kappa shape index (κ1) is 7.79. The first-order valence-corrected chi connectivity index (χ1v) is 3.53. The summed E-state index contributed by atoms with van der Waals surface area (Å²) in [5, 5.41) is 0. The average Bonchev–Trinajstić information content (AvgIpc) is 2.06. The molecule has 2 heteroatoms. The predicted molar refractivity (Wildman–Crippen MR) is 46.5 cm³/mol. The molecule has 0 N–H and O–H groups in total. The number of nitrogens with zero attached hydrogens (tertiary/aromatic N) is 1. The molecule has 0 saturated carbocycles. The van der Waals surface area contributed by atoms with Crippen LogP contribution < -0.4 is 0 Å².